The Kier molecular flexibility index (Phi) is 7.00. The van der Waals surface area contributed by atoms with Gasteiger partial charge in [-0.05, 0) is 50.5 Å². The molecule has 0 bridgehead atoms. The highest BCUT2D eigenvalue weighted by Crippen LogP contribution is 2.22. The van der Waals surface area contributed by atoms with E-state index in [2.05, 4.69) is 50.7 Å². The van der Waals surface area contributed by atoms with Gasteiger partial charge in [-0.25, -0.2) is 4.99 Å². The van der Waals surface area contributed by atoms with E-state index in [0.29, 0.717) is 12.6 Å². The van der Waals surface area contributed by atoms with Gasteiger partial charge in [0.05, 0.1) is 6.10 Å². The molecule has 162 valence electrons. The molecule has 0 aliphatic carbocycles. The van der Waals surface area contributed by atoms with Crippen LogP contribution in [0.15, 0.2) is 35.3 Å². The number of piperidine rings is 1. The molecule has 0 spiro atoms. The fourth-order valence-corrected chi connectivity index (χ4v) is 4.31. The van der Waals surface area contributed by atoms with Crippen LogP contribution in [0.4, 0.5) is 0 Å². The van der Waals surface area contributed by atoms with Gasteiger partial charge in [0.1, 0.15) is 12.4 Å². The Bertz CT molecular complexity index is 819. The molecule has 3 heterocycles. The van der Waals surface area contributed by atoms with Crippen LogP contribution in [0.2, 0.25) is 0 Å². The van der Waals surface area contributed by atoms with Crippen molar-refractivity contribution in [2.45, 2.75) is 51.7 Å². The van der Waals surface area contributed by atoms with Gasteiger partial charge in [-0.3, -0.25) is 0 Å². The van der Waals surface area contributed by atoms with Gasteiger partial charge in [0.25, 0.3) is 0 Å². The summed E-state index contributed by atoms with van der Waals surface area (Å²) in [6.45, 7) is 6.27. The maximum Gasteiger partial charge on any atom is 0.194 e. The first kappa shape index (κ1) is 20.8. The number of aryl methyl sites for hydroxylation is 1. The molecule has 2 aliphatic heterocycles. The Labute approximate surface area is 179 Å². The number of likely N-dealkylation sites (tertiary alicyclic amines) is 1. The minimum absolute atomic E-state index is 0.294. The zero-order chi connectivity index (χ0) is 20.8. The van der Waals surface area contributed by atoms with Gasteiger partial charge in [-0.2, -0.15) is 0 Å². The summed E-state index contributed by atoms with van der Waals surface area (Å²) in [6.07, 6.45) is 6.13. The van der Waals surface area contributed by atoms with Crippen molar-refractivity contribution in [1.82, 2.24) is 25.0 Å². The van der Waals surface area contributed by atoms with Crippen LogP contribution in [0, 0.1) is 12.8 Å². The highest BCUT2D eigenvalue weighted by atomic mass is 16.5. The molecule has 1 aromatic carbocycles. The SMILES string of the molecule is Cc1nnc(CN=C(NCC2CCCO2)N2CCC(Cc3ccccc3)CC2)n1C. The molecule has 30 heavy (non-hydrogen) atoms. The van der Waals surface area contributed by atoms with E-state index in [1.165, 1.54) is 24.8 Å². The lowest BCUT2D eigenvalue weighted by Crippen LogP contribution is -2.47. The van der Waals surface area contributed by atoms with Crippen LogP contribution < -0.4 is 5.32 Å². The molecule has 2 aromatic rings. The van der Waals surface area contributed by atoms with Crippen molar-refractivity contribution in [1.29, 1.82) is 0 Å². The highest BCUT2D eigenvalue weighted by Gasteiger charge is 2.23. The van der Waals surface area contributed by atoms with E-state index >= 15 is 0 Å². The zero-order valence-electron chi connectivity index (χ0n) is 18.3. The van der Waals surface area contributed by atoms with Crippen molar-refractivity contribution < 1.29 is 4.74 Å². The normalized spacial score (nSPS) is 20.7. The molecule has 2 aliphatic rings. The van der Waals surface area contributed by atoms with E-state index in [1.807, 2.05) is 18.5 Å². The first-order valence-corrected chi connectivity index (χ1v) is 11.2. The molecular formula is C23H34N6O. The molecule has 1 aromatic heterocycles. The Hall–Kier alpha value is -2.41. The lowest BCUT2D eigenvalue weighted by Gasteiger charge is -2.34. The first-order chi connectivity index (χ1) is 14.7. The average molecular weight is 411 g/mol. The molecule has 7 nitrogen and oxygen atoms in total. The second kappa shape index (κ2) is 10.1. The Morgan fingerprint density at radius 1 is 1.17 bits per heavy atom. The summed E-state index contributed by atoms with van der Waals surface area (Å²) >= 11 is 0. The smallest absolute Gasteiger partial charge is 0.194 e. The quantitative estimate of drug-likeness (QED) is 0.586. The van der Waals surface area contributed by atoms with Crippen molar-refractivity contribution in [3.63, 3.8) is 0 Å². The molecule has 0 saturated carbocycles. The van der Waals surface area contributed by atoms with Crippen LogP contribution in [0.3, 0.4) is 0 Å². The molecule has 1 unspecified atom stereocenters. The maximum absolute atomic E-state index is 5.80. The van der Waals surface area contributed by atoms with Crippen LogP contribution in [0.5, 0.6) is 0 Å². The summed E-state index contributed by atoms with van der Waals surface area (Å²) in [5, 5.41) is 12.0. The van der Waals surface area contributed by atoms with Crippen LogP contribution >= 0.6 is 0 Å². The number of benzene rings is 1. The summed E-state index contributed by atoms with van der Waals surface area (Å²) < 4.78 is 7.80. The number of nitrogens with one attached hydrogen (secondary N) is 1. The number of ether oxygens (including phenoxy) is 1. The van der Waals surface area contributed by atoms with Gasteiger partial charge < -0.3 is 19.5 Å². The summed E-state index contributed by atoms with van der Waals surface area (Å²) in [4.78, 5) is 7.32. The zero-order valence-corrected chi connectivity index (χ0v) is 18.3. The fraction of sp³-hybridized carbons (Fsp3) is 0.609. The third kappa shape index (κ3) is 5.39. The number of guanidine groups is 1. The van der Waals surface area contributed by atoms with E-state index in [-0.39, 0.29) is 0 Å². The number of nitrogens with zero attached hydrogens (tertiary/aromatic N) is 5. The van der Waals surface area contributed by atoms with Crippen LogP contribution in [-0.2, 0) is 24.8 Å². The fourth-order valence-electron chi connectivity index (χ4n) is 4.31. The predicted molar refractivity (Wildman–Crippen MR) is 118 cm³/mol. The standard InChI is InChI=1S/C23H34N6O/c1-18-26-27-22(28(18)2)17-25-23(24-16-21-9-6-14-30-21)29-12-10-20(11-13-29)15-19-7-4-3-5-8-19/h3-5,7-8,20-21H,6,9-17H2,1-2H3,(H,24,25). The molecule has 1 atom stereocenters. The summed E-state index contributed by atoms with van der Waals surface area (Å²) in [5.74, 6) is 3.52. The highest BCUT2D eigenvalue weighted by molar-refractivity contribution is 5.80. The van der Waals surface area contributed by atoms with Gasteiger partial charge in [0.2, 0.25) is 0 Å². The van der Waals surface area contributed by atoms with Gasteiger partial charge >= 0.3 is 0 Å². The van der Waals surface area contributed by atoms with E-state index in [9.17, 15) is 0 Å². The summed E-state index contributed by atoms with van der Waals surface area (Å²) in [7, 11) is 1.99. The van der Waals surface area contributed by atoms with Crippen LogP contribution in [0.25, 0.3) is 0 Å². The van der Waals surface area contributed by atoms with Crippen molar-refractivity contribution in [2.75, 3.05) is 26.2 Å². The Balaban J connectivity index is 1.37. The molecule has 2 fully saturated rings. The second-order valence-corrected chi connectivity index (χ2v) is 8.50. The monoisotopic (exact) mass is 410 g/mol. The molecule has 0 amide bonds. The molecule has 0 radical (unpaired) electrons. The number of aromatic nitrogens is 3. The topological polar surface area (TPSA) is 67.6 Å². The van der Waals surface area contributed by atoms with E-state index in [4.69, 9.17) is 9.73 Å². The van der Waals surface area contributed by atoms with Crippen molar-refractivity contribution in [3.8, 4) is 0 Å². The maximum atomic E-state index is 5.80. The van der Waals surface area contributed by atoms with Gasteiger partial charge in [-0.1, -0.05) is 30.3 Å². The van der Waals surface area contributed by atoms with Gasteiger partial charge in [0.15, 0.2) is 11.8 Å². The van der Waals surface area contributed by atoms with E-state index in [0.717, 1.165) is 62.6 Å². The van der Waals surface area contributed by atoms with Crippen molar-refractivity contribution in [2.24, 2.45) is 18.0 Å². The molecule has 2 saturated heterocycles. The molecule has 7 heteroatoms. The number of rotatable bonds is 6. The Morgan fingerprint density at radius 2 is 1.97 bits per heavy atom. The molecular weight excluding hydrogens is 376 g/mol. The van der Waals surface area contributed by atoms with Crippen molar-refractivity contribution >= 4 is 5.96 Å². The van der Waals surface area contributed by atoms with Gasteiger partial charge in [-0.15, -0.1) is 10.2 Å². The number of hydrogen-bond acceptors (Lipinski definition) is 4. The largest absolute Gasteiger partial charge is 0.376 e. The predicted octanol–water partition coefficient (Wildman–Crippen LogP) is 2.70. The minimum atomic E-state index is 0.294. The van der Waals surface area contributed by atoms with Crippen molar-refractivity contribution in [3.05, 3.63) is 47.5 Å². The van der Waals surface area contributed by atoms with Gasteiger partial charge in [0, 0.05) is 33.3 Å². The summed E-state index contributed by atoms with van der Waals surface area (Å²) in [5.41, 5.74) is 1.44. The first-order valence-electron chi connectivity index (χ1n) is 11.2. The summed E-state index contributed by atoms with van der Waals surface area (Å²) in [6, 6.07) is 10.8. The third-order valence-electron chi connectivity index (χ3n) is 6.35. The Morgan fingerprint density at radius 3 is 2.63 bits per heavy atom. The lowest BCUT2D eigenvalue weighted by atomic mass is 9.90. The van der Waals surface area contributed by atoms with E-state index < -0.39 is 0 Å². The minimum Gasteiger partial charge on any atom is -0.376 e. The van der Waals surface area contributed by atoms with Crippen LogP contribution in [-0.4, -0.2) is 58.0 Å². The number of aliphatic imine (C=N–C) groups is 1. The number of hydrogen-bond donors (Lipinski definition) is 1. The third-order valence-corrected chi connectivity index (χ3v) is 6.35. The lowest BCUT2D eigenvalue weighted by molar-refractivity contribution is 0.112. The van der Waals surface area contributed by atoms with E-state index in [1.54, 1.807) is 0 Å². The molecule has 1 N–H and O–H groups in total. The second-order valence-electron chi connectivity index (χ2n) is 8.50. The average Bonchev–Trinajstić information content (AvgIpc) is 3.40. The van der Waals surface area contributed by atoms with Crippen LogP contribution in [0.1, 0.15) is 42.9 Å². The molecule has 4 rings (SSSR count).